The van der Waals surface area contributed by atoms with Crippen LogP contribution in [-0.2, 0) is 20.8 Å². The molecule has 0 N–H and O–H groups in total. The second-order valence-electron chi connectivity index (χ2n) is 5.83. The smallest absolute Gasteiger partial charge is 0.333 e. The molecule has 2 aromatic rings. The molecule has 0 aliphatic heterocycles. The van der Waals surface area contributed by atoms with E-state index in [2.05, 4.69) is 24.3 Å². The van der Waals surface area contributed by atoms with Crippen molar-refractivity contribution < 1.29 is 19.2 Å². The summed E-state index contributed by atoms with van der Waals surface area (Å²) in [6, 6.07) is 15.4. The van der Waals surface area contributed by atoms with E-state index in [1.165, 1.54) is 18.2 Å². The highest BCUT2D eigenvalue weighted by atomic mass is 16.7. The highest BCUT2D eigenvalue weighted by Gasteiger charge is 2.15. The lowest BCUT2D eigenvalue weighted by Gasteiger charge is -2.15. The summed E-state index contributed by atoms with van der Waals surface area (Å²) in [7, 11) is 1.36. The highest BCUT2D eigenvalue weighted by Crippen LogP contribution is 2.13. The van der Waals surface area contributed by atoms with E-state index >= 15 is 0 Å². The standard InChI is InChI=1S/C20H21NO4/c1-15-5-7-16(8-6-15)14-17-9-11-18(12-10-17)20(24)25-21(2)19(23)4-3-13-22/h5-13H,3-4,14H2,1-2H3. The van der Waals surface area contributed by atoms with E-state index in [1.54, 1.807) is 12.1 Å². The van der Waals surface area contributed by atoms with Crippen molar-refractivity contribution in [3.8, 4) is 0 Å². The number of hydrogen-bond acceptors (Lipinski definition) is 4. The van der Waals surface area contributed by atoms with Crippen molar-refractivity contribution >= 4 is 18.2 Å². The van der Waals surface area contributed by atoms with Gasteiger partial charge in [-0.25, -0.2) is 4.79 Å². The van der Waals surface area contributed by atoms with Crippen molar-refractivity contribution in [2.75, 3.05) is 7.05 Å². The Balaban J connectivity index is 1.94. The molecule has 25 heavy (non-hydrogen) atoms. The third-order valence-corrected chi connectivity index (χ3v) is 3.77. The van der Waals surface area contributed by atoms with Gasteiger partial charge in [-0.3, -0.25) is 4.79 Å². The van der Waals surface area contributed by atoms with Gasteiger partial charge in [0.1, 0.15) is 6.29 Å². The van der Waals surface area contributed by atoms with E-state index in [0.717, 1.165) is 17.0 Å². The van der Waals surface area contributed by atoms with Gasteiger partial charge in [-0.1, -0.05) is 42.0 Å². The van der Waals surface area contributed by atoms with Crippen LogP contribution in [0.15, 0.2) is 48.5 Å². The van der Waals surface area contributed by atoms with Crippen LogP contribution in [-0.4, -0.2) is 30.3 Å². The molecule has 0 radical (unpaired) electrons. The number of rotatable bonds is 6. The van der Waals surface area contributed by atoms with Gasteiger partial charge < -0.3 is 9.63 Å². The summed E-state index contributed by atoms with van der Waals surface area (Å²) >= 11 is 0. The Morgan fingerprint density at radius 3 is 2.12 bits per heavy atom. The molecule has 0 saturated carbocycles. The van der Waals surface area contributed by atoms with Gasteiger partial charge >= 0.3 is 5.97 Å². The van der Waals surface area contributed by atoms with E-state index in [4.69, 9.17) is 4.84 Å². The van der Waals surface area contributed by atoms with Crippen LogP contribution >= 0.6 is 0 Å². The van der Waals surface area contributed by atoms with Crippen LogP contribution in [0.5, 0.6) is 0 Å². The number of carbonyl (C=O) groups is 3. The van der Waals surface area contributed by atoms with E-state index in [0.29, 0.717) is 11.8 Å². The summed E-state index contributed by atoms with van der Waals surface area (Å²) in [6.07, 6.45) is 1.55. The van der Waals surface area contributed by atoms with Crippen molar-refractivity contribution in [1.82, 2.24) is 5.06 Å². The molecular weight excluding hydrogens is 318 g/mol. The molecular formula is C20H21NO4. The van der Waals surface area contributed by atoms with Crippen molar-refractivity contribution in [2.45, 2.75) is 26.2 Å². The van der Waals surface area contributed by atoms with Gasteiger partial charge in [0.15, 0.2) is 0 Å². The number of aldehydes is 1. The fraction of sp³-hybridized carbons (Fsp3) is 0.250. The molecule has 0 aliphatic carbocycles. The normalized spacial score (nSPS) is 10.2. The number of benzene rings is 2. The molecule has 5 heteroatoms. The van der Waals surface area contributed by atoms with E-state index in [-0.39, 0.29) is 12.8 Å². The van der Waals surface area contributed by atoms with Crippen LogP contribution < -0.4 is 0 Å². The predicted octanol–water partition coefficient (Wildman–Crippen LogP) is 3.10. The fourth-order valence-corrected chi connectivity index (χ4v) is 2.27. The first-order chi connectivity index (χ1) is 12.0. The van der Waals surface area contributed by atoms with E-state index in [9.17, 15) is 14.4 Å². The Hall–Kier alpha value is -2.95. The van der Waals surface area contributed by atoms with Crippen molar-refractivity contribution in [2.24, 2.45) is 0 Å². The molecule has 0 unspecified atom stereocenters. The topological polar surface area (TPSA) is 63.7 Å². The lowest BCUT2D eigenvalue weighted by molar-refractivity contribution is -0.161. The summed E-state index contributed by atoms with van der Waals surface area (Å²) < 4.78 is 0. The third kappa shape index (κ3) is 5.57. The van der Waals surface area contributed by atoms with Crippen LogP contribution in [0.2, 0.25) is 0 Å². The molecule has 2 aromatic carbocycles. The van der Waals surface area contributed by atoms with Gasteiger partial charge in [-0.2, -0.15) is 5.06 Å². The molecule has 0 spiro atoms. The van der Waals surface area contributed by atoms with Crippen molar-refractivity contribution in [3.63, 3.8) is 0 Å². The van der Waals surface area contributed by atoms with Gasteiger partial charge in [0.2, 0.25) is 0 Å². The average molecular weight is 339 g/mol. The van der Waals surface area contributed by atoms with Crippen LogP contribution in [0.1, 0.15) is 39.9 Å². The van der Waals surface area contributed by atoms with Gasteiger partial charge in [0, 0.05) is 19.9 Å². The lowest BCUT2D eigenvalue weighted by atomic mass is 10.0. The van der Waals surface area contributed by atoms with Gasteiger partial charge in [0.05, 0.1) is 5.56 Å². The zero-order valence-corrected chi connectivity index (χ0v) is 14.4. The number of nitrogens with zero attached hydrogens (tertiary/aromatic N) is 1. The molecule has 0 fully saturated rings. The Bertz CT molecular complexity index is 735. The zero-order valence-electron chi connectivity index (χ0n) is 14.4. The molecule has 0 atom stereocenters. The lowest BCUT2D eigenvalue weighted by Crippen LogP contribution is -2.29. The van der Waals surface area contributed by atoms with Crippen LogP contribution in [0.25, 0.3) is 0 Å². The van der Waals surface area contributed by atoms with Gasteiger partial charge in [0.25, 0.3) is 5.91 Å². The SMILES string of the molecule is Cc1ccc(Cc2ccc(C(=O)ON(C)C(=O)CCC=O)cc2)cc1. The zero-order chi connectivity index (χ0) is 18.2. The predicted molar refractivity (Wildman–Crippen MR) is 93.9 cm³/mol. The Morgan fingerprint density at radius 2 is 1.56 bits per heavy atom. The molecule has 0 aliphatic rings. The summed E-state index contributed by atoms with van der Waals surface area (Å²) in [5.41, 5.74) is 3.86. The largest absolute Gasteiger partial charge is 0.363 e. The maximum absolute atomic E-state index is 12.1. The van der Waals surface area contributed by atoms with Crippen LogP contribution in [0, 0.1) is 6.92 Å². The number of hydrogen-bond donors (Lipinski definition) is 0. The number of carbonyl (C=O) groups excluding carboxylic acids is 3. The highest BCUT2D eigenvalue weighted by molar-refractivity contribution is 5.90. The molecule has 0 aromatic heterocycles. The maximum Gasteiger partial charge on any atom is 0.363 e. The number of hydroxylamine groups is 2. The molecule has 1 amide bonds. The minimum Gasteiger partial charge on any atom is -0.333 e. The summed E-state index contributed by atoms with van der Waals surface area (Å²) in [5, 5.41) is 0.867. The van der Waals surface area contributed by atoms with E-state index in [1.807, 2.05) is 19.1 Å². The maximum atomic E-state index is 12.1. The first kappa shape index (κ1) is 18.4. The van der Waals surface area contributed by atoms with Crippen LogP contribution in [0.4, 0.5) is 0 Å². The molecule has 0 saturated heterocycles. The average Bonchev–Trinajstić information content (AvgIpc) is 2.62. The molecule has 5 nitrogen and oxygen atoms in total. The minimum absolute atomic E-state index is 0.0166. The summed E-state index contributed by atoms with van der Waals surface area (Å²) in [5.74, 6) is -1.03. The first-order valence-corrected chi connectivity index (χ1v) is 8.06. The van der Waals surface area contributed by atoms with Crippen molar-refractivity contribution in [3.05, 3.63) is 70.8 Å². The number of aryl methyl sites for hydroxylation is 1. The third-order valence-electron chi connectivity index (χ3n) is 3.77. The number of amides is 1. The quantitative estimate of drug-likeness (QED) is 0.599. The summed E-state index contributed by atoms with van der Waals surface area (Å²) in [4.78, 5) is 39.0. The van der Waals surface area contributed by atoms with Crippen molar-refractivity contribution in [1.29, 1.82) is 0 Å². The minimum atomic E-state index is -0.608. The summed E-state index contributed by atoms with van der Waals surface area (Å²) in [6.45, 7) is 2.05. The first-order valence-electron chi connectivity index (χ1n) is 8.06. The second kappa shape index (κ2) is 8.78. The van der Waals surface area contributed by atoms with Crippen LogP contribution in [0.3, 0.4) is 0 Å². The van der Waals surface area contributed by atoms with E-state index < -0.39 is 11.9 Å². The molecule has 2 rings (SSSR count). The molecule has 0 bridgehead atoms. The molecule has 130 valence electrons. The molecule has 0 heterocycles. The van der Waals surface area contributed by atoms with Gasteiger partial charge in [-0.15, -0.1) is 0 Å². The Kier molecular flexibility index (Phi) is 6.46. The fourth-order valence-electron chi connectivity index (χ4n) is 2.27. The Labute approximate surface area is 147 Å². The Morgan fingerprint density at radius 1 is 1.00 bits per heavy atom. The van der Waals surface area contributed by atoms with Gasteiger partial charge in [-0.05, 0) is 36.6 Å². The second-order valence-corrected chi connectivity index (χ2v) is 5.83. The monoisotopic (exact) mass is 339 g/mol.